The molecule has 0 saturated heterocycles. The zero-order valence-electron chi connectivity index (χ0n) is 8.40. The van der Waals surface area contributed by atoms with Crippen LogP contribution in [0.2, 0.25) is 0 Å². The largest absolute Gasteiger partial charge is 0.480 e. The molecule has 1 aromatic heterocycles. The van der Waals surface area contributed by atoms with E-state index in [9.17, 15) is 4.79 Å². The summed E-state index contributed by atoms with van der Waals surface area (Å²) < 4.78 is 0. The lowest BCUT2D eigenvalue weighted by Gasteiger charge is -2.13. The predicted octanol–water partition coefficient (Wildman–Crippen LogP) is 1.28. The van der Waals surface area contributed by atoms with Crippen LogP contribution in [0.5, 0.6) is 0 Å². The van der Waals surface area contributed by atoms with Gasteiger partial charge in [0.2, 0.25) is 0 Å². The number of aromatic nitrogens is 1. The van der Waals surface area contributed by atoms with E-state index >= 15 is 0 Å². The number of carboxylic acids is 1. The first-order valence-corrected chi connectivity index (χ1v) is 4.49. The van der Waals surface area contributed by atoms with E-state index in [2.05, 4.69) is 16.2 Å². The van der Waals surface area contributed by atoms with Crippen LogP contribution in [-0.4, -0.2) is 22.1 Å². The number of rotatable bonds is 4. The number of carboxylic acid groups (broad SMARTS) is 1. The summed E-state index contributed by atoms with van der Waals surface area (Å²) in [5.41, 5.74) is 1.54. The van der Waals surface area contributed by atoms with Crippen molar-refractivity contribution in [1.29, 1.82) is 0 Å². The van der Waals surface area contributed by atoms with Gasteiger partial charge < -0.3 is 10.4 Å². The Balaban J connectivity index is 2.75. The van der Waals surface area contributed by atoms with E-state index in [0.717, 1.165) is 5.69 Å². The fourth-order valence-electron chi connectivity index (χ4n) is 1.15. The van der Waals surface area contributed by atoms with E-state index in [4.69, 9.17) is 11.5 Å². The summed E-state index contributed by atoms with van der Waals surface area (Å²) in [4.78, 5) is 14.8. The fourth-order valence-corrected chi connectivity index (χ4v) is 1.15. The highest BCUT2D eigenvalue weighted by Gasteiger charge is 2.15. The van der Waals surface area contributed by atoms with Crippen molar-refractivity contribution in [2.75, 3.05) is 5.32 Å². The molecular weight excluding hydrogens is 192 g/mol. The Labute approximate surface area is 88.3 Å². The van der Waals surface area contributed by atoms with Crippen molar-refractivity contribution in [3.63, 3.8) is 0 Å². The van der Waals surface area contributed by atoms with Gasteiger partial charge in [-0.2, -0.15) is 0 Å². The molecule has 1 heterocycles. The number of terminal acetylenes is 1. The number of carbonyl (C=O) groups is 1. The van der Waals surface area contributed by atoms with Crippen LogP contribution in [0.4, 0.5) is 5.69 Å². The topological polar surface area (TPSA) is 62.2 Å². The lowest BCUT2D eigenvalue weighted by atomic mass is 10.2. The molecule has 4 heteroatoms. The van der Waals surface area contributed by atoms with Gasteiger partial charge in [-0.25, -0.2) is 4.79 Å². The maximum Gasteiger partial charge on any atom is 0.327 e. The van der Waals surface area contributed by atoms with Gasteiger partial charge in [-0.1, -0.05) is 0 Å². The van der Waals surface area contributed by atoms with Crippen LogP contribution in [0.3, 0.4) is 0 Å². The maximum absolute atomic E-state index is 10.8. The van der Waals surface area contributed by atoms with E-state index < -0.39 is 12.0 Å². The average molecular weight is 204 g/mol. The first-order valence-electron chi connectivity index (χ1n) is 4.49. The molecule has 0 saturated carbocycles. The third-order valence-electron chi connectivity index (χ3n) is 1.86. The van der Waals surface area contributed by atoms with E-state index in [1.54, 1.807) is 18.3 Å². The molecule has 0 aliphatic heterocycles. The van der Waals surface area contributed by atoms with Gasteiger partial charge in [0.15, 0.2) is 0 Å². The van der Waals surface area contributed by atoms with Crippen molar-refractivity contribution in [2.24, 2.45) is 0 Å². The molecule has 0 bridgehead atoms. The van der Waals surface area contributed by atoms with Gasteiger partial charge in [0.05, 0.1) is 0 Å². The summed E-state index contributed by atoms with van der Waals surface area (Å²) in [6, 6.07) is 2.73. The SMILES string of the molecule is C#CCC(Nc1ccnc(C)c1)C(=O)O. The summed E-state index contributed by atoms with van der Waals surface area (Å²) in [6.07, 6.45) is 6.85. The number of hydrogen-bond acceptors (Lipinski definition) is 3. The lowest BCUT2D eigenvalue weighted by Crippen LogP contribution is -2.28. The van der Waals surface area contributed by atoms with E-state index in [1.165, 1.54) is 0 Å². The van der Waals surface area contributed by atoms with Crippen molar-refractivity contribution in [3.05, 3.63) is 24.0 Å². The number of pyridine rings is 1. The average Bonchev–Trinajstić information content (AvgIpc) is 2.17. The molecule has 0 aliphatic carbocycles. The van der Waals surface area contributed by atoms with Crippen molar-refractivity contribution >= 4 is 11.7 Å². The summed E-state index contributed by atoms with van der Waals surface area (Å²) in [5.74, 6) is 1.37. The second-order valence-corrected chi connectivity index (χ2v) is 3.13. The Morgan fingerprint density at radius 1 is 1.80 bits per heavy atom. The normalized spacial score (nSPS) is 11.5. The predicted molar refractivity (Wildman–Crippen MR) is 57.5 cm³/mol. The Hall–Kier alpha value is -2.02. The minimum Gasteiger partial charge on any atom is -0.480 e. The van der Waals surface area contributed by atoms with Crippen molar-refractivity contribution in [3.8, 4) is 12.3 Å². The fraction of sp³-hybridized carbons (Fsp3) is 0.273. The second-order valence-electron chi connectivity index (χ2n) is 3.13. The lowest BCUT2D eigenvalue weighted by molar-refractivity contribution is -0.137. The van der Waals surface area contributed by atoms with E-state index in [-0.39, 0.29) is 6.42 Å². The molecular formula is C11H12N2O2. The quantitative estimate of drug-likeness (QED) is 0.725. The molecule has 0 amide bonds. The molecule has 2 N–H and O–H groups in total. The van der Waals surface area contributed by atoms with Gasteiger partial charge in [0.25, 0.3) is 0 Å². The number of aryl methyl sites for hydroxylation is 1. The number of nitrogens with zero attached hydrogens (tertiary/aromatic N) is 1. The summed E-state index contributed by atoms with van der Waals surface area (Å²) >= 11 is 0. The molecule has 1 aromatic rings. The minimum atomic E-state index is -0.956. The summed E-state index contributed by atoms with van der Waals surface area (Å²) in [7, 11) is 0. The van der Waals surface area contributed by atoms with E-state index in [0.29, 0.717) is 5.69 Å². The van der Waals surface area contributed by atoms with Gasteiger partial charge >= 0.3 is 5.97 Å². The number of nitrogens with one attached hydrogen (secondary N) is 1. The van der Waals surface area contributed by atoms with Crippen LogP contribution >= 0.6 is 0 Å². The first-order chi connectivity index (χ1) is 7.13. The van der Waals surface area contributed by atoms with Gasteiger partial charge in [-0.15, -0.1) is 12.3 Å². The maximum atomic E-state index is 10.8. The van der Waals surface area contributed by atoms with Crippen LogP contribution < -0.4 is 5.32 Å². The number of hydrogen-bond donors (Lipinski definition) is 2. The Morgan fingerprint density at radius 2 is 2.53 bits per heavy atom. The van der Waals surface area contributed by atoms with Crippen LogP contribution in [0.25, 0.3) is 0 Å². The van der Waals surface area contributed by atoms with Crippen molar-refractivity contribution < 1.29 is 9.90 Å². The molecule has 1 unspecified atom stereocenters. The highest BCUT2D eigenvalue weighted by Crippen LogP contribution is 2.10. The van der Waals surface area contributed by atoms with Crippen molar-refractivity contribution in [1.82, 2.24) is 4.98 Å². The molecule has 0 aromatic carbocycles. The molecule has 0 spiro atoms. The molecule has 78 valence electrons. The highest BCUT2D eigenvalue weighted by molar-refractivity contribution is 5.77. The molecule has 0 radical (unpaired) electrons. The Bertz CT molecular complexity index is 396. The van der Waals surface area contributed by atoms with Crippen molar-refractivity contribution in [2.45, 2.75) is 19.4 Å². The Kier molecular flexibility index (Phi) is 3.69. The third-order valence-corrected chi connectivity index (χ3v) is 1.86. The van der Waals surface area contributed by atoms with Crippen LogP contribution in [0.1, 0.15) is 12.1 Å². The molecule has 1 rings (SSSR count). The summed E-state index contributed by atoms with van der Waals surface area (Å²) in [5, 5.41) is 11.7. The minimum absolute atomic E-state index is 0.150. The zero-order valence-corrected chi connectivity index (χ0v) is 8.40. The number of anilines is 1. The van der Waals surface area contributed by atoms with E-state index in [1.807, 2.05) is 6.92 Å². The molecule has 15 heavy (non-hydrogen) atoms. The van der Waals surface area contributed by atoms with Crippen LogP contribution in [0.15, 0.2) is 18.3 Å². The molecule has 0 aliphatic rings. The highest BCUT2D eigenvalue weighted by atomic mass is 16.4. The second kappa shape index (κ2) is 5.01. The molecule has 4 nitrogen and oxygen atoms in total. The first kappa shape index (κ1) is 11.1. The molecule has 0 fully saturated rings. The zero-order chi connectivity index (χ0) is 11.3. The monoisotopic (exact) mass is 204 g/mol. The smallest absolute Gasteiger partial charge is 0.327 e. The standard InChI is InChI=1S/C11H12N2O2/c1-3-4-10(11(14)15)13-9-5-6-12-8(2)7-9/h1,5-7,10H,4H2,2H3,(H,12,13)(H,14,15). The van der Waals surface area contributed by atoms with Gasteiger partial charge in [0, 0.05) is 24.0 Å². The van der Waals surface area contributed by atoms with Crippen LogP contribution in [-0.2, 0) is 4.79 Å². The summed E-state index contributed by atoms with van der Waals surface area (Å²) in [6.45, 7) is 1.84. The van der Waals surface area contributed by atoms with Gasteiger partial charge in [-0.3, -0.25) is 4.98 Å². The van der Waals surface area contributed by atoms with Crippen LogP contribution in [0, 0.1) is 19.3 Å². The van der Waals surface area contributed by atoms with Gasteiger partial charge in [-0.05, 0) is 19.1 Å². The number of aliphatic carboxylic acids is 1. The third kappa shape index (κ3) is 3.31. The van der Waals surface area contributed by atoms with Gasteiger partial charge in [0.1, 0.15) is 6.04 Å². The molecule has 1 atom stereocenters. The Morgan fingerprint density at radius 3 is 3.07 bits per heavy atom.